The Morgan fingerprint density at radius 3 is 2.77 bits per heavy atom. The van der Waals surface area contributed by atoms with Gasteiger partial charge in [-0.15, -0.1) is 11.8 Å². The van der Waals surface area contributed by atoms with Crippen LogP contribution in [0.25, 0.3) is 10.2 Å². The van der Waals surface area contributed by atoms with Gasteiger partial charge in [-0.3, -0.25) is 4.79 Å². The van der Waals surface area contributed by atoms with E-state index in [0.29, 0.717) is 15.6 Å². The van der Waals surface area contributed by atoms with Crippen molar-refractivity contribution in [2.75, 3.05) is 6.79 Å². The SMILES string of the molecule is CC(C)Sc1cccc(C(=O)N=c2sc3cc4c(cc3n2C)OCO4)c1. The lowest BCUT2D eigenvalue weighted by molar-refractivity contribution is 0.0997. The Kier molecular flexibility index (Phi) is 4.50. The second-order valence-corrected chi connectivity index (χ2v) is 8.89. The zero-order chi connectivity index (χ0) is 18.3. The number of thioether (sulfide) groups is 1. The van der Waals surface area contributed by atoms with E-state index in [1.54, 1.807) is 17.8 Å². The van der Waals surface area contributed by atoms with Crippen molar-refractivity contribution in [1.29, 1.82) is 0 Å². The van der Waals surface area contributed by atoms with E-state index < -0.39 is 0 Å². The summed E-state index contributed by atoms with van der Waals surface area (Å²) >= 11 is 3.19. The van der Waals surface area contributed by atoms with E-state index in [9.17, 15) is 4.79 Å². The first-order valence-electron chi connectivity index (χ1n) is 8.26. The third-order valence-electron chi connectivity index (χ3n) is 3.95. The van der Waals surface area contributed by atoms with Crippen LogP contribution in [0.2, 0.25) is 0 Å². The number of carbonyl (C=O) groups is 1. The third kappa shape index (κ3) is 3.24. The summed E-state index contributed by atoms with van der Waals surface area (Å²) in [5.41, 5.74) is 1.57. The molecule has 7 heteroatoms. The minimum atomic E-state index is -0.238. The van der Waals surface area contributed by atoms with Crippen molar-refractivity contribution in [1.82, 2.24) is 4.57 Å². The van der Waals surface area contributed by atoms with Crippen LogP contribution in [0.5, 0.6) is 11.5 Å². The Balaban J connectivity index is 1.72. The molecule has 1 aromatic heterocycles. The normalized spacial score (nSPS) is 13.8. The Bertz CT molecular complexity index is 1070. The summed E-state index contributed by atoms with van der Waals surface area (Å²) in [6.07, 6.45) is 0. The molecule has 0 unspecified atom stereocenters. The van der Waals surface area contributed by atoms with Crippen molar-refractivity contribution in [3.63, 3.8) is 0 Å². The van der Waals surface area contributed by atoms with Crippen molar-refractivity contribution in [3.05, 3.63) is 46.8 Å². The highest BCUT2D eigenvalue weighted by atomic mass is 32.2. The van der Waals surface area contributed by atoms with Crippen LogP contribution in [-0.4, -0.2) is 22.5 Å². The molecule has 1 aliphatic rings. The lowest BCUT2D eigenvalue weighted by Gasteiger charge is -2.05. The maximum Gasteiger partial charge on any atom is 0.279 e. The lowest BCUT2D eigenvalue weighted by atomic mass is 10.2. The van der Waals surface area contributed by atoms with Gasteiger partial charge in [-0.2, -0.15) is 4.99 Å². The van der Waals surface area contributed by atoms with Crippen molar-refractivity contribution in [3.8, 4) is 11.5 Å². The lowest BCUT2D eigenvalue weighted by Crippen LogP contribution is -2.13. The number of nitrogens with zero attached hydrogens (tertiary/aromatic N) is 2. The molecule has 1 aliphatic heterocycles. The van der Waals surface area contributed by atoms with Gasteiger partial charge in [0.2, 0.25) is 6.79 Å². The number of thiazole rings is 1. The van der Waals surface area contributed by atoms with E-state index in [0.717, 1.165) is 26.6 Å². The predicted molar refractivity (Wildman–Crippen MR) is 104 cm³/mol. The molecule has 0 fully saturated rings. The number of aryl methyl sites for hydroxylation is 1. The molecule has 0 saturated carbocycles. The second-order valence-electron chi connectivity index (χ2n) is 6.23. The van der Waals surface area contributed by atoms with Crippen LogP contribution in [0.4, 0.5) is 0 Å². The molecule has 134 valence electrons. The van der Waals surface area contributed by atoms with Crippen molar-refractivity contribution in [2.24, 2.45) is 12.0 Å². The molecule has 0 spiro atoms. The van der Waals surface area contributed by atoms with Gasteiger partial charge in [0.15, 0.2) is 16.3 Å². The van der Waals surface area contributed by atoms with Crippen LogP contribution in [0.1, 0.15) is 24.2 Å². The van der Waals surface area contributed by atoms with Crippen LogP contribution in [0.3, 0.4) is 0 Å². The van der Waals surface area contributed by atoms with Gasteiger partial charge in [0, 0.05) is 34.9 Å². The number of benzene rings is 2. The number of fused-ring (bicyclic) bond motifs is 2. The molecule has 0 bridgehead atoms. The van der Waals surface area contributed by atoms with Gasteiger partial charge in [0.25, 0.3) is 5.91 Å². The zero-order valence-electron chi connectivity index (χ0n) is 14.7. The van der Waals surface area contributed by atoms with E-state index in [4.69, 9.17) is 9.47 Å². The number of ether oxygens (including phenoxy) is 2. The van der Waals surface area contributed by atoms with Gasteiger partial charge >= 0.3 is 0 Å². The number of hydrogen-bond donors (Lipinski definition) is 0. The van der Waals surface area contributed by atoms with Crippen LogP contribution in [-0.2, 0) is 7.05 Å². The van der Waals surface area contributed by atoms with Crippen LogP contribution >= 0.6 is 23.1 Å². The summed E-state index contributed by atoms with van der Waals surface area (Å²) in [6, 6.07) is 11.5. The van der Waals surface area contributed by atoms with Crippen LogP contribution in [0.15, 0.2) is 46.3 Å². The molecule has 0 saturated heterocycles. The fourth-order valence-corrected chi connectivity index (χ4v) is 4.67. The number of hydrogen-bond acceptors (Lipinski definition) is 5. The number of carbonyl (C=O) groups excluding carboxylic acids is 1. The number of rotatable bonds is 3. The van der Waals surface area contributed by atoms with E-state index >= 15 is 0 Å². The average Bonchev–Trinajstić information content (AvgIpc) is 3.17. The van der Waals surface area contributed by atoms with E-state index in [1.807, 2.05) is 41.9 Å². The van der Waals surface area contributed by atoms with Gasteiger partial charge in [-0.25, -0.2) is 0 Å². The van der Waals surface area contributed by atoms with Crippen LogP contribution in [0, 0.1) is 0 Å². The summed E-state index contributed by atoms with van der Waals surface area (Å²) in [6.45, 7) is 4.51. The molecule has 0 N–H and O–H groups in total. The standard InChI is InChI=1S/C19H18N2O3S2/c1-11(2)25-13-6-4-5-12(7-13)18(22)20-19-21(3)14-8-15-16(24-10-23-15)9-17(14)26-19/h4-9,11H,10H2,1-3H3. The maximum absolute atomic E-state index is 12.7. The molecule has 1 amide bonds. The van der Waals surface area contributed by atoms with E-state index in [2.05, 4.69) is 18.8 Å². The fraction of sp³-hybridized carbons (Fsp3) is 0.263. The zero-order valence-corrected chi connectivity index (χ0v) is 16.3. The highest BCUT2D eigenvalue weighted by Gasteiger charge is 2.17. The molecule has 0 radical (unpaired) electrons. The van der Waals surface area contributed by atoms with Gasteiger partial charge in [0.1, 0.15) is 0 Å². The molecule has 3 aromatic rings. The van der Waals surface area contributed by atoms with E-state index in [1.165, 1.54) is 11.3 Å². The monoisotopic (exact) mass is 386 g/mol. The topological polar surface area (TPSA) is 52.8 Å². The first-order chi connectivity index (χ1) is 12.5. The predicted octanol–water partition coefficient (Wildman–Crippen LogP) is 4.21. The summed E-state index contributed by atoms with van der Waals surface area (Å²) in [5, 5.41) is 0.462. The molecule has 26 heavy (non-hydrogen) atoms. The molecular formula is C19H18N2O3S2. The highest BCUT2D eigenvalue weighted by Crippen LogP contribution is 2.36. The highest BCUT2D eigenvalue weighted by molar-refractivity contribution is 7.99. The van der Waals surface area contributed by atoms with Crippen molar-refractivity contribution >= 4 is 39.2 Å². The quantitative estimate of drug-likeness (QED) is 0.633. The largest absolute Gasteiger partial charge is 0.454 e. The number of amides is 1. The van der Waals surface area contributed by atoms with Crippen molar-refractivity contribution < 1.29 is 14.3 Å². The summed E-state index contributed by atoms with van der Waals surface area (Å²) in [7, 11) is 1.90. The molecule has 0 aliphatic carbocycles. The van der Waals surface area contributed by atoms with Crippen molar-refractivity contribution in [2.45, 2.75) is 24.0 Å². The minimum absolute atomic E-state index is 0.238. The first kappa shape index (κ1) is 17.2. The van der Waals surface area contributed by atoms with Gasteiger partial charge < -0.3 is 14.0 Å². The van der Waals surface area contributed by atoms with Crippen LogP contribution < -0.4 is 14.3 Å². The Hall–Kier alpha value is -2.25. The molecule has 5 nitrogen and oxygen atoms in total. The summed E-state index contributed by atoms with van der Waals surface area (Å²) in [4.78, 5) is 18.7. The van der Waals surface area contributed by atoms with Gasteiger partial charge in [-0.05, 0) is 18.2 Å². The number of aromatic nitrogens is 1. The maximum atomic E-state index is 12.7. The summed E-state index contributed by atoms with van der Waals surface area (Å²) in [5.74, 6) is 1.22. The Labute approximate surface area is 159 Å². The second kappa shape index (κ2) is 6.81. The fourth-order valence-electron chi connectivity index (χ4n) is 2.75. The summed E-state index contributed by atoms with van der Waals surface area (Å²) < 4.78 is 13.8. The molecule has 2 aromatic carbocycles. The third-order valence-corrected chi connectivity index (χ3v) is 6.05. The molecule has 2 heterocycles. The Morgan fingerprint density at radius 2 is 2.00 bits per heavy atom. The van der Waals surface area contributed by atoms with Gasteiger partial charge in [0.05, 0.1) is 10.2 Å². The Morgan fingerprint density at radius 1 is 1.23 bits per heavy atom. The van der Waals surface area contributed by atoms with Gasteiger partial charge in [-0.1, -0.05) is 31.3 Å². The molecule has 0 atom stereocenters. The first-order valence-corrected chi connectivity index (χ1v) is 9.96. The minimum Gasteiger partial charge on any atom is -0.454 e. The molecular weight excluding hydrogens is 368 g/mol. The smallest absolute Gasteiger partial charge is 0.279 e. The average molecular weight is 386 g/mol. The molecule has 4 rings (SSSR count). The van der Waals surface area contributed by atoms with E-state index in [-0.39, 0.29) is 12.7 Å².